The first-order valence-electron chi connectivity index (χ1n) is 11.5. The van der Waals surface area contributed by atoms with Gasteiger partial charge in [-0.15, -0.1) is 0 Å². The lowest BCUT2D eigenvalue weighted by atomic mass is 9.75. The second-order valence-corrected chi connectivity index (χ2v) is 10.2. The molecule has 2 fully saturated rings. The summed E-state index contributed by atoms with van der Waals surface area (Å²) in [5.74, 6) is -0.560. The van der Waals surface area contributed by atoms with Gasteiger partial charge in [0.25, 0.3) is 5.56 Å². The molecule has 4 heterocycles. The van der Waals surface area contributed by atoms with E-state index in [0.717, 1.165) is 27.5 Å². The number of fused-ring (bicyclic) bond motifs is 4. The third-order valence-corrected chi connectivity index (χ3v) is 7.72. The van der Waals surface area contributed by atoms with Crippen LogP contribution in [0, 0.1) is 11.3 Å². The summed E-state index contributed by atoms with van der Waals surface area (Å²) in [6.07, 6.45) is 1.15. The second-order valence-electron chi connectivity index (χ2n) is 9.79. The number of barbiturate groups is 1. The Morgan fingerprint density at radius 3 is 2.26 bits per heavy atom. The standard InChI is InChI=1S/C25H27ClN4O4/c1-27-22(32)25(23(33)28(2)24(27)34,11-16-6-8-19(26)9-7-16)15-29-12-17-10-18(14-29)20-4-3-5-21(31)30(20)13-17/h3-9,17-18H,10-15H2,1-2H3/t17-,18+/m1/s1. The van der Waals surface area contributed by atoms with Crippen LogP contribution in [0.25, 0.3) is 0 Å². The summed E-state index contributed by atoms with van der Waals surface area (Å²) < 4.78 is 1.86. The molecule has 3 aliphatic heterocycles. The number of piperidine rings is 1. The van der Waals surface area contributed by atoms with Crippen LogP contribution < -0.4 is 5.56 Å². The molecule has 2 bridgehead atoms. The fourth-order valence-corrected chi connectivity index (χ4v) is 6.06. The zero-order valence-electron chi connectivity index (χ0n) is 19.2. The average molecular weight is 483 g/mol. The number of nitrogens with zero attached hydrogens (tertiary/aromatic N) is 4. The molecule has 0 saturated carbocycles. The molecule has 8 nitrogen and oxygen atoms in total. The summed E-state index contributed by atoms with van der Waals surface area (Å²) in [5.41, 5.74) is 0.397. The number of amides is 4. The Balaban J connectivity index is 1.50. The Labute approximate surface area is 202 Å². The summed E-state index contributed by atoms with van der Waals surface area (Å²) in [4.78, 5) is 56.4. The molecule has 9 heteroatoms. The van der Waals surface area contributed by atoms with Gasteiger partial charge in [0.2, 0.25) is 11.8 Å². The predicted molar refractivity (Wildman–Crippen MR) is 127 cm³/mol. The molecule has 3 aliphatic rings. The molecule has 4 amide bonds. The summed E-state index contributed by atoms with van der Waals surface area (Å²) in [5, 5.41) is 0.571. The van der Waals surface area contributed by atoms with Crippen molar-refractivity contribution in [2.45, 2.75) is 25.3 Å². The Morgan fingerprint density at radius 2 is 1.59 bits per heavy atom. The molecule has 0 radical (unpaired) electrons. The maximum Gasteiger partial charge on any atom is 0.332 e. The SMILES string of the molecule is CN1C(=O)N(C)C(=O)C(Cc2ccc(Cl)cc2)(CN2C[C@H]3C[C@@H](C2)c2cccc(=O)n2C3)C1=O. The Morgan fingerprint density at radius 1 is 0.912 bits per heavy atom. The van der Waals surface area contributed by atoms with Crippen LogP contribution in [-0.4, -0.2) is 70.8 Å². The van der Waals surface area contributed by atoms with Crippen LogP contribution in [0.5, 0.6) is 0 Å². The molecule has 2 saturated heterocycles. The van der Waals surface area contributed by atoms with Crippen molar-refractivity contribution in [2.24, 2.45) is 11.3 Å². The number of carbonyl (C=O) groups is 3. The van der Waals surface area contributed by atoms with E-state index in [1.807, 2.05) is 22.8 Å². The molecule has 1 aromatic carbocycles. The maximum atomic E-state index is 13.6. The average Bonchev–Trinajstić information content (AvgIpc) is 2.82. The highest BCUT2D eigenvalue weighted by Crippen LogP contribution is 2.39. The number of benzene rings is 1. The minimum atomic E-state index is -1.42. The number of rotatable bonds is 4. The molecule has 2 atom stereocenters. The third kappa shape index (κ3) is 3.65. The normalized spacial score (nSPS) is 24.4. The quantitative estimate of drug-likeness (QED) is 0.624. The second kappa shape index (κ2) is 8.36. The van der Waals surface area contributed by atoms with Crippen molar-refractivity contribution in [1.82, 2.24) is 19.3 Å². The molecule has 0 aliphatic carbocycles. The summed E-state index contributed by atoms with van der Waals surface area (Å²) in [6, 6.07) is 11.9. The van der Waals surface area contributed by atoms with E-state index in [1.165, 1.54) is 14.1 Å². The molecule has 1 aromatic heterocycles. The zero-order valence-corrected chi connectivity index (χ0v) is 20.0. The minimum Gasteiger partial charge on any atom is -0.312 e. The van der Waals surface area contributed by atoms with Crippen molar-refractivity contribution in [3.8, 4) is 0 Å². The van der Waals surface area contributed by atoms with Gasteiger partial charge in [0.1, 0.15) is 5.41 Å². The van der Waals surface area contributed by atoms with E-state index in [1.54, 1.807) is 24.3 Å². The van der Waals surface area contributed by atoms with Gasteiger partial charge in [-0.25, -0.2) is 4.79 Å². The summed E-state index contributed by atoms with van der Waals surface area (Å²) >= 11 is 6.05. The first-order valence-corrected chi connectivity index (χ1v) is 11.8. The smallest absolute Gasteiger partial charge is 0.312 e. The third-order valence-electron chi connectivity index (χ3n) is 7.47. The van der Waals surface area contributed by atoms with Crippen LogP contribution in [0.4, 0.5) is 4.79 Å². The first-order chi connectivity index (χ1) is 16.2. The Hall–Kier alpha value is -2.97. The fourth-order valence-electron chi connectivity index (χ4n) is 5.93. The number of pyridine rings is 1. The molecule has 34 heavy (non-hydrogen) atoms. The molecule has 0 N–H and O–H groups in total. The number of urea groups is 1. The number of hydrogen-bond donors (Lipinski definition) is 0. The van der Waals surface area contributed by atoms with Crippen LogP contribution in [0.2, 0.25) is 5.02 Å². The van der Waals surface area contributed by atoms with Crippen LogP contribution in [0.15, 0.2) is 47.3 Å². The number of likely N-dealkylation sites (tertiary alicyclic amines) is 1. The van der Waals surface area contributed by atoms with E-state index in [9.17, 15) is 19.2 Å². The van der Waals surface area contributed by atoms with Gasteiger partial charge in [-0.3, -0.25) is 24.2 Å². The van der Waals surface area contributed by atoms with Crippen LogP contribution >= 0.6 is 11.6 Å². The summed E-state index contributed by atoms with van der Waals surface area (Å²) in [6.45, 7) is 2.16. The minimum absolute atomic E-state index is 0.0132. The zero-order chi connectivity index (χ0) is 24.2. The maximum absolute atomic E-state index is 13.6. The van der Waals surface area contributed by atoms with Crippen LogP contribution in [0.1, 0.15) is 23.6 Å². The number of hydrogen-bond acceptors (Lipinski definition) is 5. The molecule has 5 rings (SSSR count). The van der Waals surface area contributed by atoms with Gasteiger partial charge in [-0.1, -0.05) is 29.8 Å². The van der Waals surface area contributed by atoms with Crippen molar-refractivity contribution >= 4 is 29.4 Å². The van der Waals surface area contributed by atoms with Crippen LogP contribution in [0.3, 0.4) is 0 Å². The van der Waals surface area contributed by atoms with E-state index < -0.39 is 23.3 Å². The van der Waals surface area contributed by atoms with Crippen molar-refractivity contribution in [2.75, 3.05) is 33.7 Å². The van der Waals surface area contributed by atoms with Crippen molar-refractivity contribution in [1.29, 1.82) is 0 Å². The van der Waals surface area contributed by atoms with Gasteiger partial charge < -0.3 is 9.47 Å². The monoisotopic (exact) mass is 482 g/mol. The first kappa shape index (κ1) is 22.8. The van der Waals surface area contributed by atoms with Crippen molar-refractivity contribution < 1.29 is 14.4 Å². The number of halogens is 1. The van der Waals surface area contributed by atoms with Gasteiger partial charge in [0, 0.05) is 63.0 Å². The number of aromatic nitrogens is 1. The predicted octanol–water partition coefficient (Wildman–Crippen LogP) is 2.20. The molecule has 178 valence electrons. The van der Waals surface area contributed by atoms with Gasteiger partial charge >= 0.3 is 6.03 Å². The lowest BCUT2D eigenvalue weighted by Crippen LogP contribution is -2.67. The van der Waals surface area contributed by atoms with Gasteiger partial charge in [-0.05, 0) is 42.5 Å². The van der Waals surface area contributed by atoms with Gasteiger partial charge in [0.15, 0.2) is 0 Å². The topological polar surface area (TPSA) is 82.9 Å². The van der Waals surface area contributed by atoms with E-state index in [4.69, 9.17) is 11.6 Å². The van der Waals surface area contributed by atoms with Crippen molar-refractivity contribution in [3.05, 3.63) is 69.1 Å². The van der Waals surface area contributed by atoms with E-state index in [0.29, 0.717) is 24.7 Å². The molecule has 0 unspecified atom stereocenters. The van der Waals surface area contributed by atoms with E-state index >= 15 is 0 Å². The van der Waals surface area contributed by atoms with Gasteiger partial charge in [0.05, 0.1) is 0 Å². The number of carbonyl (C=O) groups excluding carboxylic acids is 3. The Kier molecular flexibility index (Phi) is 5.61. The molecule has 2 aromatic rings. The van der Waals surface area contributed by atoms with E-state index in [-0.39, 0.29) is 30.4 Å². The molecular weight excluding hydrogens is 456 g/mol. The highest BCUT2D eigenvalue weighted by atomic mass is 35.5. The lowest BCUT2D eigenvalue weighted by molar-refractivity contribution is -0.159. The summed E-state index contributed by atoms with van der Waals surface area (Å²) in [7, 11) is 2.86. The molecular formula is C25H27ClN4O4. The highest BCUT2D eigenvalue weighted by Gasteiger charge is 2.56. The Bertz CT molecular complexity index is 1200. The van der Waals surface area contributed by atoms with Crippen LogP contribution in [-0.2, 0) is 22.6 Å². The highest BCUT2D eigenvalue weighted by molar-refractivity contribution is 6.30. The van der Waals surface area contributed by atoms with E-state index in [2.05, 4.69) is 4.90 Å². The largest absolute Gasteiger partial charge is 0.332 e. The van der Waals surface area contributed by atoms with Crippen molar-refractivity contribution in [3.63, 3.8) is 0 Å². The lowest BCUT2D eigenvalue weighted by Gasteiger charge is -2.48. The molecule has 0 spiro atoms. The van der Waals surface area contributed by atoms with Gasteiger partial charge in [-0.2, -0.15) is 0 Å². The number of imide groups is 2. The fraction of sp³-hybridized carbons (Fsp3) is 0.440.